The van der Waals surface area contributed by atoms with Crippen molar-refractivity contribution in [3.63, 3.8) is 0 Å². The van der Waals surface area contributed by atoms with E-state index in [-0.39, 0.29) is 18.3 Å². The Hall–Kier alpha value is -2.35. The minimum Gasteiger partial charge on any atom is -0.377 e. The number of ether oxygens (including phenoxy) is 2. The van der Waals surface area contributed by atoms with Crippen molar-refractivity contribution in [2.45, 2.75) is 12.1 Å². The van der Waals surface area contributed by atoms with Crippen LogP contribution in [0.1, 0.15) is 5.56 Å². The fraction of sp³-hybridized carbons (Fsp3) is 0.400. The first-order valence-corrected chi connectivity index (χ1v) is 9.03. The molecule has 2 saturated heterocycles. The van der Waals surface area contributed by atoms with Crippen LogP contribution in [0.3, 0.4) is 0 Å². The van der Waals surface area contributed by atoms with Crippen molar-refractivity contribution >= 4 is 11.7 Å². The fourth-order valence-corrected chi connectivity index (χ4v) is 3.59. The number of nitrogens with zero attached hydrogens (tertiary/aromatic N) is 3. The van der Waals surface area contributed by atoms with Crippen LogP contribution in [0.2, 0.25) is 0 Å². The summed E-state index contributed by atoms with van der Waals surface area (Å²) in [5.41, 5.74) is 0.420. The summed E-state index contributed by atoms with van der Waals surface area (Å²) in [5.74, 6) is 0.280. The Balaban J connectivity index is 1.52. The zero-order valence-corrected chi connectivity index (χ0v) is 15.0. The number of pyridine rings is 1. The molecule has 0 saturated carbocycles. The van der Waals surface area contributed by atoms with E-state index in [4.69, 9.17) is 9.47 Å². The molecule has 7 heteroatoms. The molecule has 2 fully saturated rings. The van der Waals surface area contributed by atoms with Gasteiger partial charge in [-0.3, -0.25) is 14.6 Å². The van der Waals surface area contributed by atoms with Crippen molar-refractivity contribution in [1.29, 1.82) is 0 Å². The molecule has 2 aromatic rings. The van der Waals surface area contributed by atoms with Crippen LogP contribution in [0.4, 0.5) is 10.2 Å². The number of benzene rings is 1. The summed E-state index contributed by atoms with van der Waals surface area (Å²) < 4.78 is 25.0. The SMILES string of the molecule is O=C1COC2(COCCN(Cc3ccc(F)cc3)C2)CN1c1ccccn1. The Morgan fingerprint density at radius 3 is 2.78 bits per heavy atom. The van der Waals surface area contributed by atoms with Gasteiger partial charge in [-0.05, 0) is 29.8 Å². The van der Waals surface area contributed by atoms with E-state index in [2.05, 4.69) is 9.88 Å². The van der Waals surface area contributed by atoms with Gasteiger partial charge < -0.3 is 9.47 Å². The lowest BCUT2D eigenvalue weighted by molar-refractivity contribution is -0.146. The van der Waals surface area contributed by atoms with Crippen LogP contribution in [-0.4, -0.2) is 60.8 Å². The van der Waals surface area contributed by atoms with Crippen molar-refractivity contribution < 1.29 is 18.7 Å². The van der Waals surface area contributed by atoms with E-state index in [9.17, 15) is 9.18 Å². The van der Waals surface area contributed by atoms with Gasteiger partial charge in [0.2, 0.25) is 0 Å². The minimum absolute atomic E-state index is 0.00429. The Morgan fingerprint density at radius 2 is 2.00 bits per heavy atom. The average Bonchev–Trinajstić information content (AvgIpc) is 2.89. The number of aromatic nitrogens is 1. The van der Waals surface area contributed by atoms with Crippen molar-refractivity contribution in [3.8, 4) is 0 Å². The number of carbonyl (C=O) groups excluding carboxylic acids is 1. The van der Waals surface area contributed by atoms with Crippen LogP contribution in [0.15, 0.2) is 48.7 Å². The fourth-order valence-electron chi connectivity index (χ4n) is 3.59. The quantitative estimate of drug-likeness (QED) is 0.824. The Kier molecular flexibility index (Phi) is 5.15. The van der Waals surface area contributed by atoms with Gasteiger partial charge in [-0.15, -0.1) is 0 Å². The van der Waals surface area contributed by atoms with Crippen LogP contribution in [0, 0.1) is 5.82 Å². The highest BCUT2D eigenvalue weighted by Crippen LogP contribution is 2.26. The molecule has 1 atom stereocenters. The molecule has 3 heterocycles. The second-order valence-corrected chi connectivity index (χ2v) is 7.03. The number of anilines is 1. The van der Waals surface area contributed by atoms with Crippen LogP contribution in [-0.2, 0) is 20.8 Å². The summed E-state index contributed by atoms with van der Waals surface area (Å²) in [7, 11) is 0. The normalized spacial score (nSPS) is 24.2. The molecule has 0 aliphatic carbocycles. The monoisotopic (exact) mass is 371 g/mol. The third-order valence-electron chi connectivity index (χ3n) is 4.92. The third kappa shape index (κ3) is 4.16. The molecule has 4 rings (SSSR count). The Labute approximate surface area is 157 Å². The molecule has 2 aliphatic rings. The predicted molar refractivity (Wildman–Crippen MR) is 97.8 cm³/mol. The number of morpholine rings is 1. The highest BCUT2D eigenvalue weighted by molar-refractivity contribution is 5.94. The van der Waals surface area contributed by atoms with Crippen molar-refractivity contribution in [1.82, 2.24) is 9.88 Å². The van der Waals surface area contributed by atoms with Crippen molar-refractivity contribution in [2.75, 3.05) is 44.4 Å². The van der Waals surface area contributed by atoms with Crippen LogP contribution in [0.25, 0.3) is 0 Å². The van der Waals surface area contributed by atoms with Gasteiger partial charge in [-0.25, -0.2) is 9.37 Å². The average molecular weight is 371 g/mol. The smallest absolute Gasteiger partial charge is 0.254 e. The molecule has 6 nitrogen and oxygen atoms in total. The summed E-state index contributed by atoms with van der Waals surface area (Å²) in [6.45, 7) is 3.45. The first kappa shape index (κ1) is 18.0. The number of hydrogen-bond acceptors (Lipinski definition) is 5. The molecule has 1 unspecified atom stereocenters. The molecule has 1 amide bonds. The van der Waals surface area contributed by atoms with E-state index in [1.54, 1.807) is 23.2 Å². The van der Waals surface area contributed by atoms with E-state index >= 15 is 0 Å². The van der Waals surface area contributed by atoms with Gasteiger partial charge in [0.15, 0.2) is 0 Å². The van der Waals surface area contributed by atoms with Gasteiger partial charge in [-0.1, -0.05) is 18.2 Å². The van der Waals surface area contributed by atoms with E-state index in [1.165, 1.54) is 12.1 Å². The molecule has 0 radical (unpaired) electrons. The maximum atomic E-state index is 13.2. The molecule has 2 aliphatic heterocycles. The predicted octanol–water partition coefficient (Wildman–Crippen LogP) is 1.86. The molecular formula is C20H22FN3O3. The summed E-state index contributed by atoms with van der Waals surface area (Å²) >= 11 is 0. The van der Waals surface area contributed by atoms with Gasteiger partial charge in [0, 0.05) is 25.8 Å². The third-order valence-corrected chi connectivity index (χ3v) is 4.92. The molecule has 0 bridgehead atoms. The number of halogens is 1. The van der Waals surface area contributed by atoms with Crippen LogP contribution < -0.4 is 4.90 Å². The van der Waals surface area contributed by atoms with Crippen LogP contribution >= 0.6 is 0 Å². The minimum atomic E-state index is -0.609. The van der Waals surface area contributed by atoms with Gasteiger partial charge in [0.05, 0.1) is 19.8 Å². The number of rotatable bonds is 3. The lowest BCUT2D eigenvalue weighted by atomic mass is 10.0. The zero-order chi connectivity index (χ0) is 18.7. The molecule has 0 N–H and O–H groups in total. The van der Waals surface area contributed by atoms with Gasteiger partial charge in [0.1, 0.15) is 23.8 Å². The molecule has 27 heavy (non-hydrogen) atoms. The lowest BCUT2D eigenvalue weighted by Crippen LogP contribution is -2.60. The summed E-state index contributed by atoms with van der Waals surface area (Å²) in [6.07, 6.45) is 1.68. The summed E-state index contributed by atoms with van der Waals surface area (Å²) in [4.78, 5) is 20.6. The topological polar surface area (TPSA) is 54.9 Å². The highest BCUT2D eigenvalue weighted by atomic mass is 19.1. The van der Waals surface area contributed by atoms with Crippen molar-refractivity contribution in [3.05, 3.63) is 60.0 Å². The largest absolute Gasteiger partial charge is 0.377 e. The number of amides is 1. The lowest BCUT2D eigenvalue weighted by Gasteiger charge is -2.42. The van der Waals surface area contributed by atoms with Gasteiger partial charge >= 0.3 is 0 Å². The van der Waals surface area contributed by atoms with E-state index in [0.717, 1.165) is 12.1 Å². The standard InChI is InChI=1S/C20H22FN3O3/c21-17-6-4-16(5-7-17)11-23-9-10-26-15-20(13-23)14-24(19(25)12-27-20)18-3-1-2-8-22-18/h1-8H,9-15H2. The number of hydrogen-bond donors (Lipinski definition) is 0. The molecule has 1 aromatic carbocycles. The highest BCUT2D eigenvalue weighted by Gasteiger charge is 2.43. The second-order valence-electron chi connectivity index (χ2n) is 7.03. The second kappa shape index (κ2) is 7.72. The maximum absolute atomic E-state index is 13.2. The first-order chi connectivity index (χ1) is 13.1. The maximum Gasteiger partial charge on any atom is 0.254 e. The van der Waals surface area contributed by atoms with Crippen LogP contribution in [0.5, 0.6) is 0 Å². The number of carbonyl (C=O) groups is 1. The molecule has 1 aromatic heterocycles. The van der Waals surface area contributed by atoms with Gasteiger partial charge in [0.25, 0.3) is 5.91 Å². The molecule has 1 spiro atoms. The summed E-state index contributed by atoms with van der Waals surface area (Å²) in [6, 6.07) is 12.0. The van der Waals surface area contributed by atoms with E-state index in [0.29, 0.717) is 38.7 Å². The zero-order valence-electron chi connectivity index (χ0n) is 15.0. The van der Waals surface area contributed by atoms with Crippen molar-refractivity contribution in [2.24, 2.45) is 0 Å². The van der Waals surface area contributed by atoms with E-state index < -0.39 is 5.60 Å². The Morgan fingerprint density at radius 1 is 1.15 bits per heavy atom. The molecule has 142 valence electrons. The molecular weight excluding hydrogens is 349 g/mol. The summed E-state index contributed by atoms with van der Waals surface area (Å²) in [5, 5.41) is 0. The van der Waals surface area contributed by atoms with Gasteiger partial charge in [-0.2, -0.15) is 0 Å². The first-order valence-electron chi connectivity index (χ1n) is 9.03. The van der Waals surface area contributed by atoms with E-state index in [1.807, 2.05) is 18.2 Å². The Bertz CT molecular complexity index is 787.